The van der Waals surface area contributed by atoms with Crippen LogP contribution in [0.1, 0.15) is 31.9 Å². The standard InChI is InChI=1S/C16H24N2O3/c1-3-14(13-7-5-6-8-15(13)19)17-9-11-18(12-10-17)16(20)21-4-2/h5-8,14,19H,3-4,9-12H2,1-2H3. The molecule has 1 saturated heterocycles. The summed E-state index contributed by atoms with van der Waals surface area (Å²) in [6.45, 7) is 7.28. The van der Waals surface area contributed by atoms with Gasteiger partial charge >= 0.3 is 6.09 Å². The summed E-state index contributed by atoms with van der Waals surface area (Å²) in [4.78, 5) is 15.8. The maximum Gasteiger partial charge on any atom is 0.409 e. The summed E-state index contributed by atoms with van der Waals surface area (Å²) in [5.74, 6) is 0.345. The zero-order valence-corrected chi connectivity index (χ0v) is 12.8. The third-order valence-electron chi connectivity index (χ3n) is 3.96. The smallest absolute Gasteiger partial charge is 0.409 e. The van der Waals surface area contributed by atoms with Crippen molar-refractivity contribution in [2.75, 3.05) is 32.8 Å². The van der Waals surface area contributed by atoms with E-state index < -0.39 is 0 Å². The van der Waals surface area contributed by atoms with Crippen molar-refractivity contribution in [2.24, 2.45) is 0 Å². The molecule has 0 aliphatic carbocycles. The molecule has 1 aromatic carbocycles. The van der Waals surface area contributed by atoms with E-state index in [4.69, 9.17) is 4.74 Å². The molecule has 5 heteroatoms. The normalized spacial score (nSPS) is 17.5. The van der Waals surface area contributed by atoms with Crippen molar-refractivity contribution in [3.63, 3.8) is 0 Å². The number of carbonyl (C=O) groups is 1. The number of phenols is 1. The molecule has 1 amide bonds. The zero-order chi connectivity index (χ0) is 15.2. The average molecular weight is 292 g/mol. The first kappa shape index (κ1) is 15.6. The fourth-order valence-corrected chi connectivity index (χ4v) is 2.88. The second-order valence-corrected chi connectivity index (χ2v) is 5.20. The first-order chi connectivity index (χ1) is 10.2. The van der Waals surface area contributed by atoms with Gasteiger partial charge in [-0.1, -0.05) is 25.1 Å². The van der Waals surface area contributed by atoms with Gasteiger partial charge in [-0.2, -0.15) is 0 Å². The van der Waals surface area contributed by atoms with Crippen LogP contribution in [0.3, 0.4) is 0 Å². The number of ether oxygens (including phenoxy) is 1. The second kappa shape index (κ2) is 7.31. The van der Waals surface area contributed by atoms with Crippen molar-refractivity contribution >= 4 is 6.09 Å². The van der Waals surface area contributed by atoms with Gasteiger partial charge in [0.25, 0.3) is 0 Å². The molecule has 0 bridgehead atoms. The van der Waals surface area contributed by atoms with Crippen LogP contribution in [0.2, 0.25) is 0 Å². The molecule has 0 radical (unpaired) electrons. The van der Waals surface area contributed by atoms with Gasteiger partial charge in [0.2, 0.25) is 0 Å². The number of piperazine rings is 1. The molecule has 0 saturated carbocycles. The summed E-state index contributed by atoms with van der Waals surface area (Å²) in [6.07, 6.45) is 0.699. The lowest BCUT2D eigenvalue weighted by molar-refractivity contribution is 0.0645. The van der Waals surface area contributed by atoms with E-state index in [1.54, 1.807) is 11.0 Å². The SMILES string of the molecule is CCOC(=O)N1CCN(C(CC)c2ccccc2O)CC1. The van der Waals surface area contributed by atoms with Gasteiger partial charge in [-0.3, -0.25) is 4.90 Å². The van der Waals surface area contributed by atoms with Crippen LogP contribution in [0.5, 0.6) is 5.75 Å². The molecular formula is C16H24N2O3. The van der Waals surface area contributed by atoms with E-state index in [0.717, 1.165) is 25.1 Å². The van der Waals surface area contributed by atoms with Gasteiger partial charge in [0.15, 0.2) is 0 Å². The Morgan fingerprint density at radius 3 is 2.48 bits per heavy atom. The lowest BCUT2D eigenvalue weighted by Gasteiger charge is -2.38. The van der Waals surface area contributed by atoms with Crippen molar-refractivity contribution in [3.05, 3.63) is 29.8 Å². The Morgan fingerprint density at radius 2 is 1.90 bits per heavy atom. The molecule has 5 nitrogen and oxygen atoms in total. The van der Waals surface area contributed by atoms with Gasteiger partial charge in [0, 0.05) is 37.8 Å². The highest BCUT2D eigenvalue weighted by atomic mass is 16.6. The van der Waals surface area contributed by atoms with E-state index >= 15 is 0 Å². The number of phenolic OH excluding ortho intramolecular Hbond substituents is 1. The molecule has 1 atom stereocenters. The van der Waals surface area contributed by atoms with Gasteiger partial charge in [0.1, 0.15) is 5.75 Å². The summed E-state index contributed by atoms with van der Waals surface area (Å²) in [5, 5.41) is 10.0. The van der Waals surface area contributed by atoms with E-state index in [9.17, 15) is 9.90 Å². The number of nitrogens with zero attached hydrogens (tertiary/aromatic N) is 2. The van der Waals surface area contributed by atoms with Gasteiger partial charge in [-0.05, 0) is 19.4 Å². The molecule has 0 spiro atoms. The van der Waals surface area contributed by atoms with Gasteiger partial charge in [-0.15, -0.1) is 0 Å². The van der Waals surface area contributed by atoms with Crippen molar-refractivity contribution < 1.29 is 14.6 Å². The molecule has 116 valence electrons. The van der Waals surface area contributed by atoms with Crippen LogP contribution < -0.4 is 0 Å². The molecule has 1 N–H and O–H groups in total. The Kier molecular flexibility index (Phi) is 5.44. The molecule has 1 fully saturated rings. The largest absolute Gasteiger partial charge is 0.508 e. The number of aromatic hydroxyl groups is 1. The van der Waals surface area contributed by atoms with Crippen molar-refractivity contribution in [2.45, 2.75) is 26.3 Å². The molecule has 1 aliphatic heterocycles. The van der Waals surface area contributed by atoms with E-state index in [0.29, 0.717) is 25.4 Å². The van der Waals surface area contributed by atoms with Crippen molar-refractivity contribution in [1.29, 1.82) is 0 Å². The minimum Gasteiger partial charge on any atom is -0.508 e. The summed E-state index contributed by atoms with van der Waals surface area (Å²) in [7, 11) is 0. The number of rotatable bonds is 4. The predicted molar refractivity (Wildman–Crippen MR) is 81.3 cm³/mol. The first-order valence-electron chi connectivity index (χ1n) is 7.61. The van der Waals surface area contributed by atoms with E-state index in [1.807, 2.05) is 25.1 Å². The van der Waals surface area contributed by atoms with Gasteiger partial charge in [-0.25, -0.2) is 4.79 Å². The average Bonchev–Trinajstić information content (AvgIpc) is 2.51. The highest BCUT2D eigenvalue weighted by Crippen LogP contribution is 2.31. The number of hydrogen-bond donors (Lipinski definition) is 1. The van der Waals surface area contributed by atoms with Crippen LogP contribution in [0.15, 0.2) is 24.3 Å². The highest BCUT2D eigenvalue weighted by molar-refractivity contribution is 5.67. The molecule has 1 unspecified atom stereocenters. The Balaban J connectivity index is 2.00. The topological polar surface area (TPSA) is 53.0 Å². The summed E-state index contributed by atoms with van der Waals surface area (Å²) >= 11 is 0. The Bertz CT molecular complexity index is 470. The van der Waals surface area contributed by atoms with Crippen LogP contribution in [-0.2, 0) is 4.74 Å². The molecule has 1 aliphatic rings. The summed E-state index contributed by atoms with van der Waals surface area (Å²) in [5.41, 5.74) is 0.963. The van der Waals surface area contributed by atoms with Crippen LogP contribution >= 0.6 is 0 Å². The third-order valence-corrected chi connectivity index (χ3v) is 3.96. The number of carbonyl (C=O) groups excluding carboxylic acids is 1. The maximum absolute atomic E-state index is 11.7. The molecular weight excluding hydrogens is 268 g/mol. The maximum atomic E-state index is 11.7. The predicted octanol–water partition coefficient (Wildman–Crippen LogP) is 2.62. The molecule has 0 aromatic heterocycles. The fraction of sp³-hybridized carbons (Fsp3) is 0.562. The molecule has 1 aromatic rings. The van der Waals surface area contributed by atoms with E-state index in [-0.39, 0.29) is 12.1 Å². The fourth-order valence-electron chi connectivity index (χ4n) is 2.88. The first-order valence-corrected chi connectivity index (χ1v) is 7.61. The minimum atomic E-state index is -0.229. The van der Waals surface area contributed by atoms with E-state index in [1.165, 1.54) is 0 Å². The van der Waals surface area contributed by atoms with Gasteiger partial charge < -0.3 is 14.7 Å². The number of hydrogen-bond acceptors (Lipinski definition) is 4. The molecule has 2 rings (SSSR count). The monoisotopic (exact) mass is 292 g/mol. The zero-order valence-electron chi connectivity index (χ0n) is 12.8. The summed E-state index contributed by atoms with van der Waals surface area (Å²) < 4.78 is 5.04. The van der Waals surface area contributed by atoms with Crippen LogP contribution in [0.25, 0.3) is 0 Å². The number of para-hydroxylation sites is 1. The lowest BCUT2D eigenvalue weighted by Crippen LogP contribution is -2.49. The highest BCUT2D eigenvalue weighted by Gasteiger charge is 2.27. The van der Waals surface area contributed by atoms with Gasteiger partial charge in [0.05, 0.1) is 6.61 Å². The minimum absolute atomic E-state index is 0.190. The molecule has 1 heterocycles. The Labute approximate surface area is 126 Å². The number of amides is 1. The molecule has 21 heavy (non-hydrogen) atoms. The quantitative estimate of drug-likeness (QED) is 0.927. The number of benzene rings is 1. The van der Waals surface area contributed by atoms with Crippen molar-refractivity contribution in [1.82, 2.24) is 9.80 Å². The van der Waals surface area contributed by atoms with Crippen LogP contribution in [0.4, 0.5) is 4.79 Å². The van der Waals surface area contributed by atoms with Crippen LogP contribution in [0, 0.1) is 0 Å². The van der Waals surface area contributed by atoms with Crippen LogP contribution in [-0.4, -0.2) is 53.8 Å². The summed E-state index contributed by atoms with van der Waals surface area (Å²) in [6, 6.07) is 7.68. The third kappa shape index (κ3) is 3.67. The Hall–Kier alpha value is -1.75. The van der Waals surface area contributed by atoms with Crippen molar-refractivity contribution in [3.8, 4) is 5.75 Å². The second-order valence-electron chi connectivity index (χ2n) is 5.20. The Morgan fingerprint density at radius 1 is 1.24 bits per heavy atom. The lowest BCUT2D eigenvalue weighted by atomic mass is 10.0. The van der Waals surface area contributed by atoms with E-state index in [2.05, 4.69) is 11.8 Å².